The fraction of sp³-hybridized carbons (Fsp3) is 0.333. The van der Waals surface area contributed by atoms with Gasteiger partial charge >= 0.3 is 5.97 Å². The minimum absolute atomic E-state index is 0.340. The highest BCUT2D eigenvalue weighted by Crippen LogP contribution is 2.25. The SMILES string of the molecule is CCOC(=O)C(N)CSCc1csc(-c2ccccc2)n1. The average molecular weight is 322 g/mol. The van der Waals surface area contributed by atoms with Crippen molar-refractivity contribution in [2.45, 2.75) is 18.7 Å². The summed E-state index contributed by atoms with van der Waals surface area (Å²) in [4.78, 5) is 16.0. The monoisotopic (exact) mass is 322 g/mol. The van der Waals surface area contributed by atoms with Crippen LogP contribution in [0.15, 0.2) is 35.7 Å². The highest BCUT2D eigenvalue weighted by Gasteiger charge is 2.14. The normalized spacial score (nSPS) is 12.1. The molecule has 0 amide bonds. The van der Waals surface area contributed by atoms with E-state index in [1.807, 2.05) is 35.7 Å². The number of benzene rings is 1. The first-order valence-corrected chi connectivity index (χ1v) is 8.74. The Kier molecular flexibility index (Phi) is 6.22. The van der Waals surface area contributed by atoms with E-state index in [4.69, 9.17) is 10.5 Å². The van der Waals surface area contributed by atoms with Crippen molar-refractivity contribution in [1.29, 1.82) is 0 Å². The van der Waals surface area contributed by atoms with E-state index in [1.54, 1.807) is 30.0 Å². The van der Waals surface area contributed by atoms with Gasteiger partial charge in [0.2, 0.25) is 0 Å². The van der Waals surface area contributed by atoms with Crippen LogP contribution >= 0.6 is 23.1 Å². The first-order chi connectivity index (χ1) is 10.2. The number of ether oxygens (including phenoxy) is 1. The van der Waals surface area contributed by atoms with E-state index in [9.17, 15) is 4.79 Å². The van der Waals surface area contributed by atoms with Crippen LogP contribution in [0.4, 0.5) is 0 Å². The molecule has 0 radical (unpaired) electrons. The number of carbonyl (C=O) groups excluding carboxylic acids is 1. The number of hydrogen-bond acceptors (Lipinski definition) is 6. The average Bonchev–Trinajstić information content (AvgIpc) is 2.97. The lowest BCUT2D eigenvalue weighted by atomic mass is 10.2. The van der Waals surface area contributed by atoms with Gasteiger partial charge in [-0.05, 0) is 6.92 Å². The van der Waals surface area contributed by atoms with E-state index in [0.717, 1.165) is 22.0 Å². The third kappa shape index (κ3) is 4.84. The first-order valence-electron chi connectivity index (χ1n) is 6.70. The summed E-state index contributed by atoms with van der Waals surface area (Å²) in [6.45, 7) is 2.14. The molecule has 1 aromatic carbocycles. The molecule has 6 heteroatoms. The molecule has 1 heterocycles. The summed E-state index contributed by atoms with van der Waals surface area (Å²) in [5.74, 6) is 0.946. The number of nitrogens with two attached hydrogens (primary N) is 1. The summed E-state index contributed by atoms with van der Waals surface area (Å²) >= 11 is 3.22. The van der Waals surface area contributed by atoms with Gasteiger partial charge in [-0.2, -0.15) is 11.8 Å². The van der Waals surface area contributed by atoms with Gasteiger partial charge < -0.3 is 10.5 Å². The van der Waals surface area contributed by atoms with E-state index in [-0.39, 0.29) is 5.97 Å². The standard InChI is InChI=1S/C15H18N2O2S2/c1-2-19-15(18)13(16)10-20-8-12-9-21-14(17-12)11-6-4-3-5-7-11/h3-7,9,13H,2,8,10,16H2,1H3. The number of rotatable bonds is 7. The summed E-state index contributed by atoms with van der Waals surface area (Å²) in [6, 6.07) is 9.53. The van der Waals surface area contributed by atoms with E-state index >= 15 is 0 Å². The Hall–Kier alpha value is -1.37. The molecule has 112 valence electrons. The largest absolute Gasteiger partial charge is 0.465 e. The van der Waals surface area contributed by atoms with Crippen molar-refractivity contribution in [2.75, 3.05) is 12.4 Å². The topological polar surface area (TPSA) is 65.2 Å². The molecular weight excluding hydrogens is 304 g/mol. The molecule has 2 aromatic rings. The van der Waals surface area contributed by atoms with Gasteiger partial charge in [0.25, 0.3) is 0 Å². The number of thioether (sulfide) groups is 1. The maximum absolute atomic E-state index is 11.4. The minimum Gasteiger partial charge on any atom is -0.465 e. The first kappa shape index (κ1) is 16.0. The smallest absolute Gasteiger partial charge is 0.323 e. The molecule has 1 aromatic heterocycles. The van der Waals surface area contributed by atoms with Crippen LogP contribution in [0.3, 0.4) is 0 Å². The molecule has 0 saturated carbocycles. The van der Waals surface area contributed by atoms with Gasteiger partial charge in [-0.15, -0.1) is 11.3 Å². The van der Waals surface area contributed by atoms with E-state index < -0.39 is 6.04 Å². The molecule has 0 aliphatic carbocycles. The molecule has 0 fully saturated rings. The maximum atomic E-state index is 11.4. The zero-order valence-corrected chi connectivity index (χ0v) is 13.5. The quantitative estimate of drug-likeness (QED) is 0.794. The Morgan fingerprint density at radius 2 is 2.19 bits per heavy atom. The van der Waals surface area contributed by atoms with E-state index in [2.05, 4.69) is 4.98 Å². The maximum Gasteiger partial charge on any atom is 0.323 e. The van der Waals surface area contributed by atoms with Gasteiger partial charge in [-0.1, -0.05) is 30.3 Å². The Bertz CT molecular complexity index is 572. The molecule has 0 aliphatic rings. The second-order valence-electron chi connectivity index (χ2n) is 4.38. The second kappa shape index (κ2) is 8.17. The summed E-state index contributed by atoms with van der Waals surface area (Å²) in [7, 11) is 0. The Morgan fingerprint density at radius 1 is 1.43 bits per heavy atom. The number of thiazole rings is 1. The molecule has 4 nitrogen and oxygen atoms in total. The zero-order chi connectivity index (χ0) is 15.1. The lowest BCUT2D eigenvalue weighted by Gasteiger charge is -2.09. The molecule has 1 unspecified atom stereocenters. The Labute approximate surface area is 132 Å². The second-order valence-corrected chi connectivity index (χ2v) is 6.27. The third-order valence-corrected chi connectivity index (χ3v) is 4.74. The Balaban J connectivity index is 1.82. The number of esters is 1. The number of aromatic nitrogens is 1. The lowest BCUT2D eigenvalue weighted by molar-refractivity contribution is -0.144. The van der Waals surface area contributed by atoms with Gasteiger partial charge in [-0.3, -0.25) is 4.79 Å². The van der Waals surface area contributed by atoms with Crippen LogP contribution in [0.5, 0.6) is 0 Å². The summed E-state index contributed by atoms with van der Waals surface area (Å²) in [5, 5.41) is 3.06. The zero-order valence-electron chi connectivity index (χ0n) is 11.8. The fourth-order valence-electron chi connectivity index (χ4n) is 1.69. The van der Waals surface area contributed by atoms with Crippen molar-refractivity contribution in [2.24, 2.45) is 5.73 Å². The molecular formula is C15H18N2O2S2. The van der Waals surface area contributed by atoms with Crippen molar-refractivity contribution < 1.29 is 9.53 Å². The van der Waals surface area contributed by atoms with Crippen molar-refractivity contribution >= 4 is 29.1 Å². The predicted octanol–water partition coefficient (Wildman–Crippen LogP) is 2.93. The number of nitrogens with zero attached hydrogens (tertiary/aromatic N) is 1. The molecule has 0 spiro atoms. The molecule has 21 heavy (non-hydrogen) atoms. The van der Waals surface area contributed by atoms with Crippen molar-refractivity contribution in [3.8, 4) is 10.6 Å². The van der Waals surface area contributed by atoms with Crippen molar-refractivity contribution in [3.05, 3.63) is 41.4 Å². The molecule has 0 aliphatic heterocycles. The van der Waals surface area contributed by atoms with Crippen LogP contribution in [0.25, 0.3) is 10.6 Å². The summed E-state index contributed by atoms with van der Waals surface area (Å²) in [6.07, 6.45) is 0. The molecule has 1 atom stereocenters. The van der Waals surface area contributed by atoms with Gasteiger partial charge in [0.15, 0.2) is 0 Å². The molecule has 2 rings (SSSR count). The van der Waals surface area contributed by atoms with Crippen LogP contribution in [-0.4, -0.2) is 29.4 Å². The van der Waals surface area contributed by atoms with Crippen molar-refractivity contribution in [1.82, 2.24) is 4.98 Å². The highest BCUT2D eigenvalue weighted by molar-refractivity contribution is 7.98. The van der Waals surface area contributed by atoms with Gasteiger partial charge in [0.1, 0.15) is 11.0 Å². The van der Waals surface area contributed by atoms with Crippen LogP contribution in [-0.2, 0) is 15.3 Å². The van der Waals surface area contributed by atoms with Gasteiger partial charge in [-0.25, -0.2) is 4.98 Å². The Morgan fingerprint density at radius 3 is 2.90 bits per heavy atom. The van der Waals surface area contributed by atoms with Crippen LogP contribution < -0.4 is 5.73 Å². The van der Waals surface area contributed by atoms with Crippen LogP contribution in [0, 0.1) is 0 Å². The van der Waals surface area contributed by atoms with Crippen molar-refractivity contribution in [3.63, 3.8) is 0 Å². The fourth-order valence-corrected chi connectivity index (χ4v) is 3.49. The predicted molar refractivity (Wildman–Crippen MR) is 88.3 cm³/mol. The van der Waals surface area contributed by atoms with Crippen LogP contribution in [0.2, 0.25) is 0 Å². The number of hydrogen-bond donors (Lipinski definition) is 1. The molecule has 0 saturated heterocycles. The molecule has 0 bridgehead atoms. The molecule has 2 N–H and O–H groups in total. The summed E-state index contributed by atoms with van der Waals surface area (Å²) < 4.78 is 4.88. The lowest BCUT2D eigenvalue weighted by Crippen LogP contribution is -2.34. The number of carbonyl (C=O) groups is 1. The minimum atomic E-state index is -0.567. The van der Waals surface area contributed by atoms with E-state index in [0.29, 0.717) is 12.4 Å². The summed E-state index contributed by atoms with van der Waals surface area (Å²) in [5.41, 5.74) is 7.89. The third-order valence-electron chi connectivity index (χ3n) is 2.71. The van der Waals surface area contributed by atoms with Gasteiger partial charge in [0.05, 0.1) is 12.3 Å². The van der Waals surface area contributed by atoms with E-state index in [1.165, 1.54) is 0 Å². The van der Waals surface area contributed by atoms with Gasteiger partial charge in [0, 0.05) is 22.4 Å². The van der Waals surface area contributed by atoms with Crippen LogP contribution in [0.1, 0.15) is 12.6 Å². The highest BCUT2D eigenvalue weighted by atomic mass is 32.2.